The van der Waals surface area contributed by atoms with Crippen molar-refractivity contribution in [1.82, 2.24) is 0 Å². The van der Waals surface area contributed by atoms with Crippen LogP contribution in [0.15, 0.2) is 39.5 Å². The summed E-state index contributed by atoms with van der Waals surface area (Å²) in [5.41, 5.74) is 8.10. The molecule has 2 N–H and O–H groups in total. The van der Waals surface area contributed by atoms with Crippen molar-refractivity contribution in [2.45, 2.75) is 4.21 Å². The van der Waals surface area contributed by atoms with Gasteiger partial charge in [0, 0.05) is 6.21 Å². The highest BCUT2D eigenvalue weighted by molar-refractivity contribution is 8.00. The lowest BCUT2D eigenvalue weighted by molar-refractivity contribution is 1.49. The van der Waals surface area contributed by atoms with Crippen LogP contribution in [0.5, 0.6) is 0 Å². The summed E-state index contributed by atoms with van der Waals surface area (Å²) in [6, 6.07) is 11.9. The van der Waals surface area contributed by atoms with Gasteiger partial charge in [-0.3, -0.25) is 4.99 Å². The minimum absolute atomic E-state index is 0.471. The van der Waals surface area contributed by atoms with Crippen molar-refractivity contribution in [3.8, 4) is 6.07 Å². The van der Waals surface area contributed by atoms with Gasteiger partial charge in [0.1, 0.15) is 16.6 Å². The van der Waals surface area contributed by atoms with E-state index in [1.165, 1.54) is 11.3 Å². The highest BCUT2D eigenvalue weighted by atomic mass is 32.2. The van der Waals surface area contributed by atoms with Crippen molar-refractivity contribution < 1.29 is 0 Å². The maximum absolute atomic E-state index is 8.96. The molecule has 0 amide bonds. The predicted octanol–water partition coefficient (Wildman–Crippen LogP) is 3.67. The summed E-state index contributed by atoms with van der Waals surface area (Å²) in [4.78, 5) is 4.93. The predicted molar refractivity (Wildman–Crippen MR) is 78.9 cm³/mol. The smallest absolute Gasteiger partial charge is 0.131 e. The van der Waals surface area contributed by atoms with Crippen molar-refractivity contribution in [3.63, 3.8) is 0 Å². The maximum Gasteiger partial charge on any atom is 0.131 e. The molecular weight excluding hydrogens is 262 g/mol. The quantitative estimate of drug-likeness (QED) is 0.685. The first-order valence-corrected chi connectivity index (χ1v) is 7.26. The summed E-state index contributed by atoms with van der Waals surface area (Å²) in [7, 11) is 0. The van der Waals surface area contributed by atoms with Gasteiger partial charge in [0.2, 0.25) is 0 Å². The molecule has 1 heterocycles. The first kappa shape index (κ1) is 12.7. The van der Waals surface area contributed by atoms with E-state index in [1.54, 1.807) is 18.0 Å². The second-order valence-electron chi connectivity index (χ2n) is 3.47. The van der Waals surface area contributed by atoms with E-state index in [0.29, 0.717) is 16.3 Å². The third-order valence-corrected chi connectivity index (χ3v) is 4.53. The lowest BCUT2D eigenvalue weighted by atomic mass is 10.2. The zero-order valence-electron chi connectivity index (χ0n) is 9.75. The van der Waals surface area contributed by atoms with Gasteiger partial charge >= 0.3 is 0 Å². The van der Waals surface area contributed by atoms with Crippen LogP contribution in [-0.4, -0.2) is 12.5 Å². The molecule has 2 rings (SSSR count). The standard InChI is InChI=1S/C13H11N3S2/c1-17-13-12(11(15)10(7-14)18-13)16-8-9-5-3-2-4-6-9/h2-6,8H,15H2,1H3. The zero-order valence-corrected chi connectivity index (χ0v) is 11.4. The molecule has 5 heteroatoms. The van der Waals surface area contributed by atoms with Crippen LogP contribution in [0.4, 0.5) is 11.4 Å². The molecule has 0 radical (unpaired) electrons. The van der Waals surface area contributed by atoms with Crippen LogP contribution in [0.25, 0.3) is 0 Å². The molecule has 0 aliphatic carbocycles. The minimum Gasteiger partial charge on any atom is -0.395 e. The Bertz CT molecular complexity index is 609. The lowest BCUT2D eigenvalue weighted by Gasteiger charge is -1.96. The van der Waals surface area contributed by atoms with Gasteiger partial charge in [-0.15, -0.1) is 23.1 Å². The molecule has 0 aliphatic rings. The number of anilines is 1. The van der Waals surface area contributed by atoms with Gasteiger partial charge in [0.05, 0.1) is 9.90 Å². The van der Waals surface area contributed by atoms with E-state index in [2.05, 4.69) is 11.1 Å². The van der Waals surface area contributed by atoms with E-state index >= 15 is 0 Å². The van der Waals surface area contributed by atoms with Gasteiger partial charge in [0.15, 0.2) is 0 Å². The molecule has 0 unspecified atom stereocenters. The fraction of sp³-hybridized carbons (Fsp3) is 0.0769. The normalized spacial score (nSPS) is 10.7. The van der Waals surface area contributed by atoms with Crippen LogP contribution in [0, 0.1) is 11.3 Å². The molecule has 18 heavy (non-hydrogen) atoms. The summed E-state index contributed by atoms with van der Waals surface area (Å²) < 4.78 is 0.969. The summed E-state index contributed by atoms with van der Waals surface area (Å²) in [6.07, 6.45) is 3.72. The number of rotatable bonds is 3. The number of aliphatic imine (C=N–C) groups is 1. The van der Waals surface area contributed by atoms with Crippen LogP contribution in [-0.2, 0) is 0 Å². The number of thiophene rings is 1. The summed E-state index contributed by atoms with van der Waals surface area (Å²) in [6.45, 7) is 0. The fourth-order valence-corrected chi connectivity index (χ4v) is 3.07. The molecule has 1 aromatic heterocycles. The lowest BCUT2D eigenvalue weighted by Crippen LogP contribution is -1.85. The molecule has 90 valence electrons. The Morgan fingerprint density at radius 2 is 2.11 bits per heavy atom. The topological polar surface area (TPSA) is 62.2 Å². The Morgan fingerprint density at radius 1 is 1.39 bits per heavy atom. The molecule has 3 nitrogen and oxygen atoms in total. The van der Waals surface area contributed by atoms with Crippen LogP contribution in [0.1, 0.15) is 10.4 Å². The average molecular weight is 273 g/mol. The second kappa shape index (κ2) is 5.71. The number of nitrogen functional groups attached to an aromatic ring is 1. The van der Waals surface area contributed by atoms with Gasteiger partial charge in [-0.1, -0.05) is 30.3 Å². The zero-order chi connectivity index (χ0) is 13.0. The molecule has 2 aromatic rings. The molecule has 0 spiro atoms. The SMILES string of the molecule is CSc1sc(C#N)c(N)c1N=Cc1ccccc1. The minimum atomic E-state index is 0.471. The maximum atomic E-state index is 8.96. The van der Waals surface area contributed by atoms with E-state index in [0.717, 1.165) is 9.77 Å². The summed E-state index contributed by atoms with van der Waals surface area (Å²) >= 11 is 2.94. The van der Waals surface area contributed by atoms with Gasteiger partial charge < -0.3 is 5.73 Å². The molecule has 0 aliphatic heterocycles. The second-order valence-corrected chi connectivity index (χ2v) is 5.56. The van der Waals surface area contributed by atoms with Crippen LogP contribution < -0.4 is 5.73 Å². The number of nitriles is 1. The Hall–Kier alpha value is -1.77. The summed E-state index contributed by atoms with van der Waals surface area (Å²) in [5.74, 6) is 0. The monoisotopic (exact) mass is 273 g/mol. The number of nitrogens with zero attached hydrogens (tertiary/aromatic N) is 2. The van der Waals surface area contributed by atoms with Crippen molar-refractivity contribution in [3.05, 3.63) is 40.8 Å². The van der Waals surface area contributed by atoms with E-state index in [4.69, 9.17) is 11.0 Å². The van der Waals surface area contributed by atoms with Gasteiger partial charge in [-0.25, -0.2) is 0 Å². The molecule has 0 saturated heterocycles. The molecule has 1 aromatic carbocycles. The molecule has 0 bridgehead atoms. The van der Waals surface area contributed by atoms with E-state index < -0.39 is 0 Å². The van der Waals surface area contributed by atoms with Crippen molar-refractivity contribution in [2.24, 2.45) is 4.99 Å². The number of nitrogens with two attached hydrogens (primary N) is 1. The van der Waals surface area contributed by atoms with Crippen LogP contribution in [0.2, 0.25) is 0 Å². The molecule has 0 atom stereocenters. The number of benzene rings is 1. The highest BCUT2D eigenvalue weighted by Crippen LogP contribution is 2.42. The summed E-state index contributed by atoms with van der Waals surface area (Å²) in [5, 5.41) is 8.96. The van der Waals surface area contributed by atoms with Gasteiger partial charge in [-0.2, -0.15) is 5.26 Å². The Morgan fingerprint density at radius 3 is 2.72 bits per heavy atom. The number of hydrogen-bond acceptors (Lipinski definition) is 5. The Labute approximate surface area is 114 Å². The highest BCUT2D eigenvalue weighted by Gasteiger charge is 2.13. The van der Waals surface area contributed by atoms with Gasteiger partial charge in [-0.05, 0) is 11.8 Å². The molecule has 0 saturated carbocycles. The van der Waals surface area contributed by atoms with Crippen molar-refractivity contribution in [2.75, 3.05) is 12.0 Å². The third kappa shape index (κ3) is 2.55. The first-order chi connectivity index (χ1) is 8.76. The van der Waals surface area contributed by atoms with E-state index in [9.17, 15) is 0 Å². The third-order valence-electron chi connectivity index (χ3n) is 2.32. The molecular formula is C13H11N3S2. The largest absolute Gasteiger partial charge is 0.395 e. The Kier molecular flexibility index (Phi) is 4.03. The van der Waals surface area contributed by atoms with E-state index in [-0.39, 0.29) is 0 Å². The fourth-order valence-electron chi connectivity index (χ4n) is 1.44. The van der Waals surface area contributed by atoms with Crippen molar-refractivity contribution >= 4 is 40.7 Å². The average Bonchev–Trinajstić information content (AvgIpc) is 2.73. The van der Waals surface area contributed by atoms with Crippen molar-refractivity contribution in [1.29, 1.82) is 5.26 Å². The van der Waals surface area contributed by atoms with E-state index in [1.807, 2.05) is 36.6 Å². The first-order valence-electron chi connectivity index (χ1n) is 5.21. The Balaban J connectivity index is 2.38. The van der Waals surface area contributed by atoms with Gasteiger partial charge in [0.25, 0.3) is 0 Å². The van der Waals surface area contributed by atoms with Crippen LogP contribution >= 0.6 is 23.1 Å². The number of hydrogen-bond donors (Lipinski definition) is 1. The molecule has 0 fully saturated rings. The van der Waals surface area contributed by atoms with Crippen LogP contribution in [0.3, 0.4) is 0 Å². The number of thioether (sulfide) groups is 1.